The Kier molecular flexibility index (Phi) is 7.09. The second-order valence-corrected chi connectivity index (χ2v) is 11.5. The van der Waals surface area contributed by atoms with Crippen LogP contribution in [0.1, 0.15) is 0 Å². The molecule has 0 radical (unpaired) electrons. The third-order valence-electron chi connectivity index (χ3n) is 4.46. The van der Waals surface area contributed by atoms with Crippen molar-refractivity contribution >= 4 is 32.0 Å². The summed E-state index contributed by atoms with van der Waals surface area (Å²) >= 11 is 5.90. The van der Waals surface area contributed by atoms with Crippen molar-refractivity contribution in [3.8, 4) is 0 Å². The van der Waals surface area contributed by atoms with E-state index in [-0.39, 0.29) is 19.7 Å². The molecule has 0 bridgehead atoms. The zero-order chi connectivity index (χ0) is 24.5. The molecule has 3 nitrogen and oxygen atoms in total. The van der Waals surface area contributed by atoms with Crippen LogP contribution in [-0.4, -0.2) is 26.0 Å². The molecule has 3 rings (SSSR count). The first-order valence-electron chi connectivity index (χ1n) is 9.05. The van der Waals surface area contributed by atoms with E-state index in [1.165, 1.54) is 72.8 Å². The number of hydrogen-bond donors (Lipinski definition) is 0. The number of benzene rings is 3. The average Bonchev–Trinajstić information content (AvgIpc) is 2.79. The molecule has 0 unspecified atom stereocenters. The van der Waals surface area contributed by atoms with Crippen molar-refractivity contribution < 1.29 is 38.4 Å². The summed E-state index contributed by atoms with van der Waals surface area (Å²) in [6.45, 7) is 0. The first kappa shape index (κ1) is 25.4. The van der Waals surface area contributed by atoms with E-state index in [1.807, 2.05) is 0 Å². The van der Waals surface area contributed by atoms with Crippen LogP contribution in [0.15, 0.2) is 99.6 Å². The Morgan fingerprint density at radius 1 is 0.697 bits per heavy atom. The number of halogens is 7. The van der Waals surface area contributed by atoms with E-state index in [2.05, 4.69) is 0 Å². The van der Waals surface area contributed by atoms with E-state index < -0.39 is 38.0 Å². The monoisotopic (exact) mass is 528 g/mol. The van der Waals surface area contributed by atoms with Gasteiger partial charge in [-0.2, -0.15) is 26.0 Å². The van der Waals surface area contributed by atoms with Crippen LogP contribution in [0.5, 0.6) is 0 Å². The van der Waals surface area contributed by atoms with Crippen LogP contribution >= 0.6 is 21.9 Å². The molecule has 3 aromatic carbocycles. The number of rotatable bonds is 8. The van der Waals surface area contributed by atoms with Crippen molar-refractivity contribution in [2.75, 3.05) is 0 Å². The highest BCUT2D eigenvalue weighted by Gasteiger charge is 2.72. The van der Waals surface area contributed by atoms with E-state index in [4.69, 9.17) is 15.2 Å². The summed E-state index contributed by atoms with van der Waals surface area (Å²) in [4.78, 5) is 0.0839. The lowest BCUT2D eigenvalue weighted by molar-refractivity contribution is -0.227. The molecule has 0 aliphatic heterocycles. The second kappa shape index (κ2) is 9.21. The lowest BCUT2D eigenvalue weighted by Crippen LogP contribution is -2.52. The van der Waals surface area contributed by atoms with E-state index in [1.54, 1.807) is 12.1 Å². The molecule has 0 amide bonds. The highest BCUT2D eigenvalue weighted by atomic mass is 35.5. The molecule has 12 heteroatoms. The molecule has 0 spiro atoms. The molecular weight excluding hydrogens is 514 g/mol. The second-order valence-electron chi connectivity index (χ2n) is 6.60. The predicted molar refractivity (Wildman–Crippen MR) is 113 cm³/mol. The Hall–Kier alpha value is -2.21. The summed E-state index contributed by atoms with van der Waals surface area (Å²) in [5, 5.41) is -6.02. The Morgan fingerprint density at radius 2 is 1.09 bits per heavy atom. The molecule has 0 atom stereocenters. The first-order valence-corrected chi connectivity index (χ1v) is 12.4. The van der Waals surface area contributed by atoms with Crippen LogP contribution < -0.4 is 0 Å². The number of alkyl halides is 6. The number of hydrogen-bond acceptors (Lipinski definition) is 3. The maximum absolute atomic E-state index is 14.4. The van der Waals surface area contributed by atoms with Crippen molar-refractivity contribution in [1.82, 2.24) is 0 Å². The Morgan fingerprint density at radius 3 is 1.48 bits per heavy atom. The minimum atomic E-state index is -6.63. The Bertz CT molecular complexity index is 1150. The normalized spacial score (nSPS) is 13.8. The van der Waals surface area contributed by atoms with Gasteiger partial charge in [0.15, 0.2) is 0 Å². The van der Waals surface area contributed by atoms with E-state index in [0.717, 1.165) is 0 Å². The van der Waals surface area contributed by atoms with Crippen LogP contribution in [0.25, 0.3) is 0 Å². The summed E-state index contributed by atoms with van der Waals surface area (Å²) in [6.07, 6.45) is -4.96. The van der Waals surface area contributed by atoms with Crippen LogP contribution in [-0.2, 0) is 13.7 Å². The summed E-state index contributed by atoms with van der Waals surface area (Å²) in [5.74, 6) is -6.20. The summed E-state index contributed by atoms with van der Waals surface area (Å²) in [7, 11) is -10.3. The lowest BCUT2D eigenvalue weighted by Gasteiger charge is -2.40. The molecule has 33 heavy (non-hydrogen) atoms. The predicted octanol–water partition coefficient (Wildman–Crippen LogP) is 7.38. The molecule has 0 saturated heterocycles. The van der Waals surface area contributed by atoms with Crippen LogP contribution in [0.3, 0.4) is 0 Å². The van der Waals surface area contributed by atoms with Gasteiger partial charge in [0.25, 0.3) is 0 Å². The van der Waals surface area contributed by atoms with Gasteiger partial charge >= 0.3 is 27.7 Å². The Balaban J connectivity index is 2.35. The standard InChI is InChI=1S/C21H15ClF6O3S2/c22-15-11-13-18(14-12-15)32(16-7-3-1-4-8-16,17-9-5-2-6-10-17)31-33(29,30)21(27,28)20(25,26)19(23)24/h1-14,19H. The van der Waals surface area contributed by atoms with Gasteiger partial charge in [0.05, 0.1) is 0 Å². The molecule has 0 aliphatic carbocycles. The molecule has 178 valence electrons. The highest BCUT2D eigenvalue weighted by molar-refractivity contribution is 8.33. The summed E-state index contributed by atoms with van der Waals surface area (Å²) in [5.41, 5.74) is 0. The van der Waals surface area contributed by atoms with Crippen molar-refractivity contribution in [1.29, 1.82) is 0 Å². The first-order chi connectivity index (χ1) is 15.4. The van der Waals surface area contributed by atoms with Crippen LogP contribution in [0.4, 0.5) is 26.3 Å². The average molecular weight is 529 g/mol. The van der Waals surface area contributed by atoms with Gasteiger partial charge in [0.2, 0.25) is 0 Å². The van der Waals surface area contributed by atoms with E-state index >= 15 is 0 Å². The fourth-order valence-corrected chi connectivity index (χ4v) is 8.17. The van der Waals surface area contributed by atoms with Gasteiger partial charge in [-0.3, -0.25) is 0 Å². The minimum Gasteiger partial charge on any atom is -0.203 e. The fraction of sp³-hybridized carbons (Fsp3) is 0.143. The van der Waals surface area contributed by atoms with E-state index in [9.17, 15) is 34.8 Å². The fourth-order valence-electron chi connectivity index (χ4n) is 2.85. The lowest BCUT2D eigenvalue weighted by atomic mass is 10.4. The molecular formula is C21H15ClF6O3S2. The maximum atomic E-state index is 14.4. The molecule has 0 aromatic heterocycles. The van der Waals surface area contributed by atoms with Gasteiger partial charge in [-0.05, 0) is 58.8 Å². The largest absolute Gasteiger partial charge is 0.438 e. The van der Waals surface area contributed by atoms with Gasteiger partial charge < -0.3 is 0 Å². The smallest absolute Gasteiger partial charge is 0.203 e. The summed E-state index contributed by atoms with van der Waals surface area (Å²) in [6, 6.07) is 19.6. The third-order valence-corrected chi connectivity index (χ3v) is 9.96. The quantitative estimate of drug-likeness (QED) is 0.287. The SMILES string of the molecule is O=S(=O)(OS(c1ccccc1)(c1ccccc1)c1ccc(Cl)cc1)C(F)(F)C(F)(F)C(F)F. The van der Waals surface area contributed by atoms with E-state index in [0.29, 0.717) is 0 Å². The molecule has 3 aromatic rings. The minimum absolute atomic E-state index is 0.00374. The third kappa shape index (κ3) is 4.46. The van der Waals surface area contributed by atoms with Gasteiger partial charge in [-0.15, -0.1) is 0 Å². The molecule has 0 aliphatic rings. The zero-order valence-electron chi connectivity index (χ0n) is 16.3. The molecule has 0 N–H and O–H groups in total. The molecule has 0 fully saturated rings. The zero-order valence-corrected chi connectivity index (χ0v) is 18.7. The highest BCUT2D eigenvalue weighted by Crippen LogP contribution is 2.71. The van der Waals surface area contributed by atoms with Crippen molar-refractivity contribution in [2.45, 2.75) is 32.3 Å². The van der Waals surface area contributed by atoms with Crippen LogP contribution in [0.2, 0.25) is 5.02 Å². The van der Waals surface area contributed by atoms with Crippen molar-refractivity contribution in [2.24, 2.45) is 0 Å². The van der Waals surface area contributed by atoms with Gasteiger partial charge in [-0.1, -0.05) is 48.0 Å². The Labute approximate surface area is 192 Å². The van der Waals surface area contributed by atoms with Crippen LogP contribution in [0, 0.1) is 0 Å². The topological polar surface area (TPSA) is 43.4 Å². The molecule has 0 saturated carbocycles. The molecule has 0 heterocycles. The summed E-state index contributed by atoms with van der Waals surface area (Å²) < 4.78 is 112. The van der Waals surface area contributed by atoms with Gasteiger partial charge in [-0.25, -0.2) is 12.4 Å². The van der Waals surface area contributed by atoms with Gasteiger partial charge in [0, 0.05) is 19.7 Å². The van der Waals surface area contributed by atoms with Gasteiger partial charge in [0.1, 0.15) is 0 Å². The van der Waals surface area contributed by atoms with Crippen molar-refractivity contribution in [3.63, 3.8) is 0 Å². The maximum Gasteiger partial charge on any atom is 0.438 e. The van der Waals surface area contributed by atoms with Crippen molar-refractivity contribution in [3.05, 3.63) is 90.0 Å².